The molecule has 0 amide bonds. The second kappa shape index (κ2) is 13.8. The molecule has 0 radical (unpaired) electrons. The van der Waals surface area contributed by atoms with E-state index in [9.17, 15) is 19.5 Å². The number of hydrogen-bond acceptors (Lipinski definition) is 6. The molecular formula is C34H32N2O5. The maximum Gasteiger partial charge on any atom is 0.326 e. The molecule has 1 unspecified atom stereocenters. The molecule has 41 heavy (non-hydrogen) atoms. The van der Waals surface area contributed by atoms with E-state index in [1.54, 1.807) is 73.7 Å². The van der Waals surface area contributed by atoms with Crippen molar-refractivity contribution in [2.75, 3.05) is 23.8 Å². The van der Waals surface area contributed by atoms with Gasteiger partial charge in [0.05, 0.1) is 0 Å². The maximum atomic E-state index is 13.1. The van der Waals surface area contributed by atoms with E-state index in [2.05, 4.69) is 17.2 Å². The first kappa shape index (κ1) is 28.8. The van der Waals surface area contributed by atoms with Crippen LogP contribution in [0.25, 0.3) is 0 Å². The average molecular weight is 549 g/mol. The summed E-state index contributed by atoms with van der Waals surface area (Å²) in [6.07, 6.45) is 0.207. The van der Waals surface area contributed by atoms with Crippen molar-refractivity contribution in [3.8, 4) is 5.75 Å². The minimum absolute atomic E-state index is 0.106. The standard InChI is InChI=1S/C34H32N2O5/c1-23(2)32(37)27-12-6-8-14-29(27)35-20-21-41-26-18-16-24(17-19-26)22-31(34(39)40)36-30-15-9-7-13-28(30)33(38)25-10-4-3-5-11-25/h3-19,31,35-36H,1,20-22H2,2H3,(H,39,40). The number of ketones is 2. The summed E-state index contributed by atoms with van der Waals surface area (Å²) in [5.41, 5.74) is 3.97. The van der Waals surface area contributed by atoms with Gasteiger partial charge in [-0.15, -0.1) is 0 Å². The van der Waals surface area contributed by atoms with Crippen molar-refractivity contribution in [2.24, 2.45) is 0 Å². The highest BCUT2D eigenvalue weighted by Crippen LogP contribution is 2.22. The van der Waals surface area contributed by atoms with Gasteiger partial charge in [-0.25, -0.2) is 4.79 Å². The average Bonchev–Trinajstić information content (AvgIpc) is 3.00. The van der Waals surface area contributed by atoms with Crippen molar-refractivity contribution in [1.29, 1.82) is 0 Å². The van der Waals surface area contributed by atoms with Gasteiger partial charge in [0, 0.05) is 41.0 Å². The van der Waals surface area contributed by atoms with Crippen LogP contribution in [-0.2, 0) is 11.2 Å². The number of Topliss-reactive ketones (excluding diaryl/α,β-unsaturated/α-hetero) is 1. The van der Waals surface area contributed by atoms with Gasteiger partial charge in [-0.3, -0.25) is 9.59 Å². The quantitative estimate of drug-likeness (QED) is 0.0968. The number of carboxylic acids is 1. The van der Waals surface area contributed by atoms with Gasteiger partial charge >= 0.3 is 5.97 Å². The fraction of sp³-hybridized carbons (Fsp3) is 0.147. The van der Waals surface area contributed by atoms with Gasteiger partial charge in [0.15, 0.2) is 11.6 Å². The Morgan fingerprint density at radius 3 is 2.07 bits per heavy atom. The van der Waals surface area contributed by atoms with Crippen molar-refractivity contribution >= 4 is 28.9 Å². The van der Waals surface area contributed by atoms with E-state index in [0.717, 1.165) is 11.3 Å². The van der Waals surface area contributed by atoms with E-state index in [1.807, 2.05) is 36.4 Å². The van der Waals surface area contributed by atoms with E-state index < -0.39 is 12.0 Å². The molecule has 0 saturated heterocycles. The molecule has 4 aromatic carbocycles. The highest BCUT2D eigenvalue weighted by molar-refractivity contribution is 6.12. The molecule has 0 spiro atoms. The van der Waals surface area contributed by atoms with Crippen molar-refractivity contribution in [2.45, 2.75) is 19.4 Å². The first-order chi connectivity index (χ1) is 19.8. The molecule has 7 heteroatoms. The SMILES string of the molecule is C=C(C)C(=O)c1ccccc1NCCOc1ccc(CC(Nc2ccccc2C(=O)c2ccccc2)C(=O)O)cc1. The summed E-state index contributed by atoms with van der Waals surface area (Å²) in [5.74, 6) is -0.672. The minimum Gasteiger partial charge on any atom is -0.492 e. The van der Waals surface area contributed by atoms with Crippen LogP contribution in [0, 0.1) is 0 Å². The third kappa shape index (κ3) is 7.70. The molecule has 4 aromatic rings. The third-order valence-corrected chi connectivity index (χ3v) is 6.44. The summed E-state index contributed by atoms with van der Waals surface area (Å²) in [6.45, 7) is 6.26. The van der Waals surface area contributed by atoms with Crippen LogP contribution in [0.2, 0.25) is 0 Å². The zero-order valence-corrected chi connectivity index (χ0v) is 22.8. The fourth-order valence-electron chi connectivity index (χ4n) is 4.32. The summed E-state index contributed by atoms with van der Waals surface area (Å²) >= 11 is 0. The van der Waals surface area contributed by atoms with Gasteiger partial charge in [-0.2, -0.15) is 0 Å². The lowest BCUT2D eigenvalue weighted by atomic mass is 10.00. The number of allylic oxidation sites excluding steroid dienone is 1. The van der Waals surface area contributed by atoms with E-state index in [4.69, 9.17) is 4.74 Å². The van der Waals surface area contributed by atoms with Crippen molar-refractivity contribution in [3.63, 3.8) is 0 Å². The number of anilines is 2. The molecule has 3 N–H and O–H groups in total. The van der Waals surface area contributed by atoms with Gasteiger partial charge in [-0.05, 0) is 54.5 Å². The largest absolute Gasteiger partial charge is 0.492 e. The first-order valence-corrected chi connectivity index (χ1v) is 13.3. The Morgan fingerprint density at radius 2 is 1.41 bits per heavy atom. The highest BCUT2D eigenvalue weighted by atomic mass is 16.5. The Balaban J connectivity index is 1.34. The number of carbonyl (C=O) groups excluding carboxylic acids is 2. The summed E-state index contributed by atoms with van der Waals surface area (Å²) in [7, 11) is 0. The molecule has 0 heterocycles. The molecule has 0 aromatic heterocycles. The number of aliphatic carboxylic acids is 1. The normalized spacial score (nSPS) is 11.2. The number of ether oxygens (including phenoxy) is 1. The Kier molecular flexibility index (Phi) is 9.67. The predicted octanol–water partition coefficient (Wildman–Crippen LogP) is 6.28. The molecule has 208 valence electrons. The van der Waals surface area contributed by atoms with Gasteiger partial charge in [-0.1, -0.05) is 73.3 Å². The van der Waals surface area contributed by atoms with Gasteiger partial charge in [0.1, 0.15) is 18.4 Å². The Labute approximate surface area is 239 Å². The zero-order valence-electron chi connectivity index (χ0n) is 22.8. The molecule has 7 nitrogen and oxygen atoms in total. The third-order valence-electron chi connectivity index (χ3n) is 6.44. The van der Waals surface area contributed by atoms with E-state index in [1.165, 1.54) is 0 Å². The number of benzene rings is 4. The van der Waals surface area contributed by atoms with Crippen molar-refractivity contribution < 1.29 is 24.2 Å². The molecule has 4 rings (SSSR count). The van der Waals surface area contributed by atoms with Gasteiger partial charge in [0.2, 0.25) is 0 Å². The van der Waals surface area contributed by atoms with E-state index >= 15 is 0 Å². The molecule has 0 bridgehead atoms. The van der Waals surface area contributed by atoms with Crippen LogP contribution in [0.1, 0.15) is 38.8 Å². The second-order valence-electron chi connectivity index (χ2n) is 9.55. The van der Waals surface area contributed by atoms with Crippen LogP contribution < -0.4 is 15.4 Å². The van der Waals surface area contributed by atoms with Crippen LogP contribution in [0.5, 0.6) is 5.75 Å². The Hall–Kier alpha value is -5.17. The molecule has 0 fully saturated rings. The summed E-state index contributed by atoms with van der Waals surface area (Å²) in [4.78, 5) is 37.5. The minimum atomic E-state index is -1.02. The molecule has 0 saturated carbocycles. The van der Waals surface area contributed by atoms with Crippen LogP contribution in [-0.4, -0.2) is 41.8 Å². The number of rotatable bonds is 14. The summed E-state index contributed by atoms with van der Waals surface area (Å²) in [5, 5.41) is 16.2. The highest BCUT2D eigenvalue weighted by Gasteiger charge is 2.21. The lowest BCUT2D eigenvalue weighted by Crippen LogP contribution is -2.32. The van der Waals surface area contributed by atoms with Gasteiger partial charge in [0.25, 0.3) is 0 Å². The predicted molar refractivity (Wildman–Crippen MR) is 161 cm³/mol. The molecule has 0 aliphatic rings. The maximum absolute atomic E-state index is 13.1. The monoisotopic (exact) mass is 548 g/mol. The molecular weight excluding hydrogens is 516 g/mol. The van der Waals surface area contributed by atoms with Crippen molar-refractivity contribution in [1.82, 2.24) is 0 Å². The summed E-state index contributed by atoms with van der Waals surface area (Å²) in [6, 6.07) is 29.4. The Morgan fingerprint density at radius 1 is 0.805 bits per heavy atom. The van der Waals surface area contributed by atoms with Gasteiger partial charge < -0.3 is 20.5 Å². The number of carbonyl (C=O) groups is 3. The number of hydrogen-bond donors (Lipinski definition) is 3. The summed E-state index contributed by atoms with van der Waals surface area (Å²) < 4.78 is 5.83. The number of carboxylic acid groups (broad SMARTS) is 1. The molecule has 0 aliphatic carbocycles. The second-order valence-corrected chi connectivity index (χ2v) is 9.55. The zero-order chi connectivity index (χ0) is 29.2. The lowest BCUT2D eigenvalue weighted by Gasteiger charge is -2.18. The lowest BCUT2D eigenvalue weighted by molar-refractivity contribution is -0.137. The Bertz CT molecular complexity index is 1530. The van der Waals surface area contributed by atoms with Crippen LogP contribution in [0.3, 0.4) is 0 Å². The van der Waals surface area contributed by atoms with Crippen molar-refractivity contribution in [3.05, 3.63) is 138 Å². The fourth-order valence-corrected chi connectivity index (χ4v) is 4.32. The van der Waals surface area contributed by atoms with Crippen LogP contribution >= 0.6 is 0 Å². The smallest absolute Gasteiger partial charge is 0.326 e. The topological polar surface area (TPSA) is 105 Å². The number of nitrogens with one attached hydrogen (secondary N) is 2. The molecule has 1 atom stereocenters. The van der Waals surface area contributed by atoms with E-state index in [-0.39, 0.29) is 18.0 Å². The molecule has 0 aliphatic heterocycles. The first-order valence-electron chi connectivity index (χ1n) is 13.3. The van der Waals surface area contributed by atoms with E-state index in [0.29, 0.717) is 46.9 Å². The van der Waals surface area contributed by atoms with Crippen LogP contribution in [0.4, 0.5) is 11.4 Å². The number of para-hydroxylation sites is 2. The van der Waals surface area contributed by atoms with Crippen LogP contribution in [0.15, 0.2) is 115 Å².